The van der Waals surface area contributed by atoms with Crippen molar-refractivity contribution in [1.82, 2.24) is 15.1 Å². The Hall–Kier alpha value is -3.23. The van der Waals surface area contributed by atoms with Crippen LogP contribution in [0.5, 0.6) is 0 Å². The Bertz CT molecular complexity index is 1020. The Morgan fingerprint density at radius 3 is 2.52 bits per heavy atom. The minimum atomic E-state index is -1.02. The van der Waals surface area contributed by atoms with Crippen molar-refractivity contribution in [3.63, 3.8) is 0 Å². The Morgan fingerprint density at radius 2 is 1.90 bits per heavy atom. The minimum Gasteiger partial charge on any atom is -0.387 e. The zero-order valence-electron chi connectivity index (χ0n) is 15.6. The van der Waals surface area contributed by atoms with Gasteiger partial charge in [-0.05, 0) is 30.2 Å². The van der Waals surface area contributed by atoms with Crippen LogP contribution in [-0.4, -0.2) is 32.3 Å². The van der Waals surface area contributed by atoms with Crippen LogP contribution in [0, 0.1) is 17.0 Å². The number of aromatic nitrogens is 2. The van der Waals surface area contributed by atoms with Crippen LogP contribution >= 0.6 is 11.6 Å². The summed E-state index contributed by atoms with van der Waals surface area (Å²) in [5.41, 5.74) is 2.11. The standard InChI is InChI=1S/C20H19ClN4O4/c1-13-18(19(21)24(23-13)12-14-5-3-2-4-6-14)20(27)22-11-17(26)15-7-9-16(10-8-15)25(28)29/h2-10,17,26H,11-12H2,1H3,(H,22,27)/t17-/m0/s1. The lowest BCUT2D eigenvalue weighted by Gasteiger charge is -2.12. The highest BCUT2D eigenvalue weighted by atomic mass is 35.5. The van der Waals surface area contributed by atoms with E-state index in [0.29, 0.717) is 17.8 Å². The first kappa shape index (κ1) is 20.5. The Labute approximate surface area is 171 Å². The highest BCUT2D eigenvalue weighted by molar-refractivity contribution is 6.33. The fourth-order valence-electron chi connectivity index (χ4n) is 2.89. The molecule has 0 saturated heterocycles. The lowest BCUT2D eigenvalue weighted by molar-refractivity contribution is -0.384. The van der Waals surface area contributed by atoms with Crippen molar-refractivity contribution in [1.29, 1.82) is 0 Å². The van der Waals surface area contributed by atoms with Gasteiger partial charge in [-0.15, -0.1) is 0 Å². The number of rotatable bonds is 7. The molecule has 150 valence electrons. The SMILES string of the molecule is Cc1nn(Cc2ccccc2)c(Cl)c1C(=O)NC[C@H](O)c1ccc([N+](=O)[O-])cc1. The van der Waals surface area contributed by atoms with Crippen LogP contribution in [0.25, 0.3) is 0 Å². The third-order valence-electron chi connectivity index (χ3n) is 4.41. The number of non-ortho nitro benzene ring substituents is 1. The molecular weight excluding hydrogens is 396 g/mol. The van der Waals surface area contributed by atoms with Crippen molar-refractivity contribution < 1.29 is 14.8 Å². The number of nitrogens with one attached hydrogen (secondary N) is 1. The summed E-state index contributed by atoms with van der Waals surface area (Å²) in [7, 11) is 0. The third-order valence-corrected chi connectivity index (χ3v) is 4.80. The number of halogens is 1. The predicted molar refractivity (Wildman–Crippen MR) is 108 cm³/mol. The molecule has 2 aromatic carbocycles. The molecule has 9 heteroatoms. The smallest absolute Gasteiger partial charge is 0.269 e. The van der Waals surface area contributed by atoms with E-state index in [4.69, 9.17) is 11.6 Å². The van der Waals surface area contributed by atoms with Gasteiger partial charge in [0.05, 0.1) is 28.8 Å². The quantitative estimate of drug-likeness (QED) is 0.455. The van der Waals surface area contributed by atoms with E-state index in [1.165, 1.54) is 24.3 Å². The Balaban J connectivity index is 1.66. The van der Waals surface area contributed by atoms with Crippen LogP contribution in [0.15, 0.2) is 54.6 Å². The molecule has 0 radical (unpaired) electrons. The Morgan fingerprint density at radius 1 is 1.24 bits per heavy atom. The van der Waals surface area contributed by atoms with E-state index < -0.39 is 16.9 Å². The molecule has 1 heterocycles. The number of amides is 1. The number of aryl methyl sites for hydroxylation is 1. The first-order valence-corrected chi connectivity index (χ1v) is 9.22. The number of nitro benzene ring substituents is 1. The van der Waals surface area contributed by atoms with Crippen LogP contribution in [0.1, 0.15) is 33.3 Å². The molecule has 2 N–H and O–H groups in total. The number of hydrogen-bond donors (Lipinski definition) is 2. The normalized spacial score (nSPS) is 11.8. The summed E-state index contributed by atoms with van der Waals surface area (Å²) in [6.45, 7) is 2.05. The van der Waals surface area contributed by atoms with E-state index in [1.807, 2.05) is 30.3 Å². The number of nitrogens with zero attached hydrogens (tertiary/aromatic N) is 3. The van der Waals surface area contributed by atoms with E-state index in [2.05, 4.69) is 10.4 Å². The molecule has 0 saturated carbocycles. The van der Waals surface area contributed by atoms with Crippen molar-refractivity contribution in [3.8, 4) is 0 Å². The van der Waals surface area contributed by atoms with Gasteiger partial charge in [-0.1, -0.05) is 41.9 Å². The second-order valence-electron chi connectivity index (χ2n) is 6.47. The lowest BCUT2D eigenvalue weighted by atomic mass is 10.1. The maximum absolute atomic E-state index is 12.6. The average molecular weight is 415 g/mol. The van der Waals surface area contributed by atoms with E-state index in [0.717, 1.165) is 5.56 Å². The zero-order valence-corrected chi connectivity index (χ0v) is 16.3. The van der Waals surface area contributed by atoms with E-state index in [-0.39, 0.29) is 22.9 Å². The molecular formula is C20H19ClN4O4. The van der Waals surface area contributed by atoms with Crippen LogP contribution in [0.4, 0.5) is 5.69 Å². The second kappa shape index (κ2) is 8.85. The van der Waals surface area contributed by atoms with Crippen molar-refractivity contribution >= 4 is 23.2 Å². The highest BCUT2D eigenvalue weighted by Gasteiger charge is 2.21. The molecule has 0 aliphatic rings. The van der Waals surface area contributed by atoms with Crippen molar-refractivity contribution in [2.75, 3.05) is 6.54 Å². The molecule has 0 aliphatic heterocycles. The minimum absolute atomic E-state index is 0.0711. The van der Waals surface area contributed by atoms with E-state index in [9.17, 15) is 20.0 Å². The molecule has 0 unspecified atom stereocenters. The largest absolute Gasteiger partial charge is 0.387 e. The van der Waals surface area contributed by atoms with Gasteiger partial charge in [0.2, 0.25) is 0 Å². The molecule has 8 nitrogen and oxygen atoms in total. The lowest BCUT2D eigenvalue weighted by Crippen LogP contribution is -2.28. The van der Waals surface area contributed by atoms with Crippen LogP contribution < -0.4 is 5.32 Å². The third kappa shape index (κ3) is 4.79. The first-order valence-electron chi connectivity index (χ1n) is 8.84. The maximum atomic E-state index is 12.6. The van der Waals surface area contributed by atoms with Crippen LogP contribution in [0.3, 0.4) is 0 Å². The predicted octanol–water partition coefficient (Wildman–Crippen LogP) is 3.26. The fourth-order valence-corrected chi connectivity index (χ4v) is 3.21. The molecule has 3 aromatic rings. The molecule has 0 aliphatic carbocycles. The summed E-state index contributed by atoms with van der Waals surface area (Å²) < 4.78 is 1.55. The van der Waals surface area contributed by atoms with E-state index in [1.54, 1.807) is 11.6 Å². The monoisotopic (exact) mass is 414 g/mol. The maximum Gasteiger partial charge on any atom is 0.269 e. The summed E-state index contributed by atoms with van der Waals surface area (Å²) in [6, 6.07) is 15.1. The molecule has 0 spiro atoms. The van der Waals surface area contributed by atoms with Crippen molar-refractivity contribution in [2.45, 2.75) is 19.6 Å². The number of carbonyl (C=O) groups is 1. The number of nitro groups is 1. The number of aliphatic hydroxyl groups excluding tert-OH is 1. The topological polar surface area (TPSA) is 110 Å². The summed E-state index contributed by atoms with van der Waals surface area (Å²) in [5, 5.41) is 28.1. The van der Waals surface area contributed by atoms with Gasteiger partial charge in [-0.2, -0.15) is 5.10 Å². The van der Waals surface area contributed by atoms with Crippen molar-refractivity contribution in [2.24, 2.45) is 0 Å². The molecule has 3 rings (SSSR count). The van der Waals surface area contributed by atoms with Gasteiger partial charge in [-0.25, -0.2) is 4.68 Å². The molecule has 1 amide bonds. The zero-order chi connectivity index (χ0) is 21.0. The molecule has 1 aromatic heterocycles. The van der Waals surface area contributed by atoms with Gasteiger partial charge >= 0.3 is 0 Å². The first-order chi connectivity index (χ1) is 13.9. The van der Waals surface area contributed by atoms with Gasteiger partial charge in [0, 0.05) is 18.7 Å². The summed E-state index contributed by atoms with van der Waals surface area (Å²) >= 11 is 6.37. The highest BCUT2D eigenvalue weighted by Crippen LogP contribution is 2.22. The number of aliphatic hydroxyl groups is 1. The number of carbonyl (C=O) groups excluding carboxylic acids is 1. The number of hydrogen-bond acceptors (Lipinski definition) is 5. The molecule has 0 bridgehead atoms. The molecule has 0 fully saturated rings. The van der Waals surface area contributed by atoms with Gasteiger partial charge < -0.3 is 10.4 Å². The van der Waals surface area contributed by atoms with Gasteiger partial charge in [0.25, 0.3) is 11.6 Å². The number of benzene rings is 2. The van der Waals surface area contributed by atoms with Gasteiger partial charge in [-0.3, -0.25) is 14.9 Å². The van der Waals surface area contributed by atoms with Crippen LogP contribution in [0.2, 0.25) is 5.15 Å². The van der Waals surface area contributed by atoms with Crippen molar-refractivity contribution in [3.05, 3.63) is 92.2 Å². The molecule has 29 heavy (non-hydrogen) atoms. The van der Waals surface area contributed by atoms with Gasteiger partial charge in [0.15, 0.2) is 0 Å². The molecule has 1 atom stereocenters. The summed E-state index contributed by atoms with van der Waals surface area (Å²) in [4.78, 5) is 22.8. The Kier molecular flexibility index (Phi) is 6.26. The second-order valence-corrected chi connectivity index (χ2v) is 6.83. The van der Waals surface area contributed by atoms with E-state index >= 15 is 0 Å². The summed E-state index contributed by atoms with van der Waals surface area (Å²) in [5.74, 6) is -0.451. The fraction of sp³-hybridized carbons (Fsp3) is 0.200. The van der Waals surface area contributed by atoms with Crippen LogP contribution in [-0.2, 0) is 6.54 Å². The average Bonchev–Trinajstić information content (AvgIpc) is 2.99. The van der Waals surface area contributed by atoms with Gasteiger partial charge in [0.1, 0.15) is 5.15 Å². The summed E-state index contributed by atoms with van der Waals surface area (Å²) in [6.07, 6.45) is -1.02.